The highest BCUT2D eigenvalue weighted by atomic mass is 16.4. The first-order valence-electron chi connectivity index (χ1n) is 7.86. The molecule has 0 aliphatic heterocycles. The fraction of sp³-hybridized carbons (Fsp3) is 0.529. The first-order chi connectivity index (χ1) is 10.2. The molecule has 0 heterocycles. The number of carboxylic acids is 1. The molecule has 4 heteroatoms. The number of carbonyl (C=O) groups is 1. The molecule has 3 fully saturated rings. The molecule has 0 amide bonds. The predicted molar refractivity (Wildman–Crippen MR) is 78.9 cm³/mol. The van der Waals surface area contributed by atoms with Gasteiger partial charge in [0, 0.05) is 11.6 Å². The van der Waals surface area contributed by atoms with E-state index < -0.39 is 5.97 Å². The van der Waals surface area contributed by atoms with Crippen molar-refractivity contribution in [1.82, 2.24) is 0 Å². The fourth-order valence-corrected chi connectivity index (χ4v) is 4.76. The molecular formula is C17H19N2O2-. The maximum Gasteiger partial charge on any atom is 0.0715 e. The number of nitrogens with zero attached hydrogens (tertiary/aromatic N) is 1. The molecule has 3 aliphatic carbocycles. The molecule has 1 aromatic carbocycles. The highest BCUT2D eigenvalue weighted by molar-refractivity contribution is 5.91. The molecular weight excluding hydrogens is 264 g/mol. The van der Waals surface area contributed by atoms with Gasteiger partial charge in [0.2, 0.25) is 0 Å². The molecule has 110 valence electrons. The van der Waals surface area contributed by atoms with Gasteiger partial charge in [0.25, 0.3) is 0 Å². The summed E-state index contributed by atoms with van der Waals surface area (Å²) < 4.78 is 0. The third-order valence-electron chi connectivity index (χ3n) is 5.65. The van der Waals surface area contributed by atoms with E-state index in [0.717, 1.165) is 29.9 Å². The van der Waals surface area contributed by atoms with Crippen molar-refractivity contribution in [3.05, 3.63) is 29.8 Å². The van der Waals surface area contributed by atoms with Crippen LogP contribution < -0.4 is 10.5 Å². The van der Waals surface area contributed by atoms with Crippen LogP contribution >= 0.6 is 0 Å². The minimum Gasteiger partial charge on any atom is -0.545 e. The Labute approximate surface area is 124 Å². The average Bonchev–Trinajstić information content (AvgIpc) is 3.17. The van der Waals surface area contributed by atoms with Crippen molar-refractivity contribution < 1.29 is 9.90 Å². The highest BCUT2D eigenvalue weighted by Crippen LogP contribution is 2.57. The van der Waals surface area contributed by atoms with E-state index in [2.05, 4.69) is 10.5 Å². The van der Waals surface area contributed by atoms with E-state index in [1.807, 2.05) is 0 Å². The molecule has 0 aromatic heterocycles. The predicted octanol–water partition coefficient (Wildman–Crippen LogP) is 2.27. The molecule has 1 aromatic rings. The number of hydrogen-bond acceptors (Lipinski definition) is 4. The van der Waals surface area contributed by atoms with Gasteiger partial charge in [-0.05, 0) is 61.1 Å². The van der Waals surface area contributed by atoms with Gasteiger partial charge in [-0.15, -0.1) is 0 Å². The zero-order valence-electron chi connectivity index (χ0n) is 11.9. The summed E-state index contributed by atoms with van der Waals surface area (Å²) in [6.45, 7) is 0. The monoisotopic (exact) mass is 283 g/mol. The number of carbonyl (C=O) groups excluding carboxylic acids is 1. The summed E-state index contributed by atoms with van der Waals surface area (Å²) in [5.74, 6) is 2.26. The second-order valence-corrected chi connectivity index (χ2v) is 6.64. The van der Waals surface area contributed by atoms with Crippen LogP contribution in [0, 0.1) is 23.7 Å². The lowest BCUT2D eigenvalue weighted by Gasteiger charge is -2.25. The summed E-state index contributed by atoms with van der Waals surface area (Å²) in [5.41, 5.74) is 5.45. The Balaban J connectivity index is 1.46. The SMILES string of the molecule is O=C([O-])c1ccc(N/N=C2/C[C@@H]3C[C@@H]2[C@H]2CCC[C@H]32)cc1. The summed E-state index contributed by atoms with van der Waals surface area (Å²) in [6, 6.07) is 6.57. The average molecular weight is 283 g/mol. The zero-order chi connectivity index (χ0) is 14.4. The van der Waals surface area contributed by atoms with Crippen molar-refractivity contribution in [3.8, 4) is 0 Å². The molecule has 0 spiro atoms. The molecule has 0 unspecified atom stereocenters. The van der Waals surface area contributed by atoms with Gasteiger partial charge in [-0.3, -0.25) is 5.43 Å². The van der Waals surface area contributed by atoms with Gasteiger partial charge >= 0.3 is 0 Å². The van der Waals surface area contributed by atoms with Gasteiger partial charge in [-0.25, -0.2) is 0 Å². The topological polar surface area (TPSA) is 64.5 Å². The van der Waals surface area contributed by atoms with Gasteiger partial charge in [0.15, 0.2) is 0 Å². The van der Waals surface area contributed by atoms with Crippen LogP contribution in [0.1, 0.15) is 42.5 Å². The Morgan fingerprint density at radius 2 is 1.95 bits per heavy atom. The van der Waals surface area contributed by atoms with E-state index in [1.54, 1.807) is 24.3 Å². The Morgan fingerprint density at radius 1 is 1.19 bits per heavy atom. The number of benzene rings is 1. The molecule has 4 atom stereocenters. The lowest BCUT2D eigenvalue weighted by atomic mass is 9.81. The van der Waals surface area contributed by atoms with Crippen LogP contribution in [0.4, 0.5) is 5.69 Å². The van der Waals surface area contributed by atoms with Gasteiger partial charge in [-0.2, -0.15) is 5.10 Å². The van der Waals surface area contributed by atoms with E-state index >= 15 is 0 Å². The van der Waals surface area contributed by atoms with Crippen molar-refractivity contribution in [3.63, 3.8) is 0 Å². The normalized spacial score (nSPS) is 35.1. The van der Waals surface area contributed by atoms with Gasteiger partial charge in [-0.1, -0.05) is 18.6 Å². The number of anilines is 1. The van der Waals surface area contributed by atoms with Crippen molar-refractivity contribution in [1.29, 1.82) is 0 Å². The molecule has 4 nitrogen and oxygen atoms in total. The van der Waals surface area contributed by atoms with Crippen LogP contribution in [-0.4, -0.2) is 11.7 Å². The Hall–Kier alpha value is -1.84. The maximum atomic E-state index is 10.7. The molecule has 3 aliphatic rings. The van der Waals surface area contributed by atoms with Crippen molar-refractivity contribution >= 4 is 17.4 Å². The number of nitrogens with one attached hydrogen (secondary N) is 1. The second kappa shape index (κ2) is 4.86. The van der Waals surface area contributed by atoms with Crippen LogP contribution in [0.3, 0.4) is 0 Å². The minimum absolute atomic E-state index is 0.196. The molecule has 4 rings (SSSR count). The summed E-state index contributed by atoms with van der Waals surface area (Å²) >= 11 is 0. The Bertz CT molecular complexity index is 593. The van der Waals surface area contributed by atoms with E-state index in [-0.39, 0.29) is 5.56 Å². The van der Waals surface area contributed by atoms with Crippen LogP contribution in [0.2, 0.25) is 0 Å². The zero-order valence-corrected chi connectivity index (χ0v) is 11.9. The molecule has 2 bridgehead atoms. The van der Waals surface area contributed by atoms with Gasteiger partial charge in [0.05, 0.1) is 11.7 Å². The highest BCUT2D eigenvalue weighted by Gasteiger charge is 2.52. The summed E-state index contributed by atoms with van der Waals surface area (Å²) in [4.78, 5) is 10.7. The van der Waals surface area contributed by atoms with Crippen LogP contribution in [0.5, 0.6) is 0 Å². The molecule has 0 saturated heterocycles. The summed E-state index contributed by atoms with van der Waals surface area (Å²) in [5, 5.41) is 15.3. The summed E-state index contributed by atoms with van der Waals surface area (Å²) in [6.07, 6.45) is 6.69. The standard InChI is InChI=1S/C17H20N2O2/c20-17(21)10-4-6-12(7-5-10)18-19-16-9-11-8-15(16)14-3-1-2-13(11)14/h4-7,11,13-15,18H,1-3,8-9H2,(H,20,21)/p-1/b19-16-/t11-,13+,14-,15+/m0/s1. The lowest BCUT2D eigenvalue weighted by Crippen LogP contribution is -2.25. The largest absolute Gasteiger partial charge is 0.545 e. The smallest absolute Gasteiger partial charge is 0.0715 e. The van der Waals surface area contributed by atoms with Crippen LogP contribution in [0.25, 0.3) is 0 Å². The Morgan fingerprint density at radius 3 is 2.71 bits per heavy atom. The van der Waals surface area contributed by atoms with Crippen LogP contribution in [-0.2, 0) is 0 Å². The molecule has 1 N–H and O–H groups in total. The minimum atomic E-state index is -1.15. The van der Waals surface area contributed by atoms with E-state index in [4.69, 9.17) is 0 Å². The number of carboxylic acid groups (broad SMARTS) is 1. The van der Waals surface area contributed by atoms with Gasteiger partial charge in [0.1, 0.15) is 0 Å². The van der Waals surface area contributed by atoms with E-state index in [9.17, 15) is 9.90 Å². The van der Waals surface area contributed by atoms with Crippen molar-refractivity contribution in [2.45, 2.75) is 32.1 Å². The van der Waals surface area contributed by atoms with Crippen molar-refractivity contribution in [2.75, 3.05) is 5.43 Å². The van der Waals surface area contributed by atoms with Crippen LogP contribution in [0.15, 0.2) is 29.4 Å². The quantitative estimate of drug-likeness (QED) is 0.865. The fourth-order valence-electron chi connectivity index (χ4n) is 4.76. The maximum absolute atomic E-state index is 10.7. The summed E-state index contributed by atoms with van der Waals surface area (Å²) in [7, 11) is 0. The number of hydrazone groups is 1. The third kappa shape index (κ3) is 2.13. The number of fused-ring (bicyclic) bond motifs is 5. The first-order valence-corrected chi connectivity index (χ1v) is 7.86. The van der Waals surface area contributed by atoms with Crippen molar-refractivity contribution in [2.24, 2.45) is 28.8 Å². The number of rotatable bonds is 3. The number of aromatic carboxylic acids is 1. The Kier molecular flexibility index (Phi) is 2.98. The number of hydrogen-bond donors (Lipinski definition) is 1. The second-order valence-electron chi connectivity index (χ2n) is 6.64. The molecule has 21 heavy (non-hydrogen) atoms. The van der Waals surface area contributed by atoms with Gasteiger partial charge < -0.3 is 9.90 Å². The third-order valence-corrected chi connectivity index (χ3v) is 5.65. The lowest BCUT2D eigenvalue weighted by molar-refractivity contribution is -0.255. The molecule has 3 saturated carbocycles. The molecule has 0 radical (unpaired) electrons. The van der Waals surface area contributed by atoms with E-state index in [1.165, 1.54) is 31.4 Å². The van der Waals surface area contributed by atoms with E-state index in [0.29, 0.717) is 5.92 Å². The first kappa shape index (κ1) is 12.9.